The van der Waals surface area contributed by atoms with Gasteiger partial charge >= 0.3 is 0 Å². The van der Waals surface area contributed by atoms with Crippen molar-refractivity contribution >= 4 is 27.5 Å². The van der Waals surface area contributed by atoms with E-state index in [0.29, 0.717) is 23.4 Å². The first kappa shape index (κ1) is 11.9. The number of hydrogen-bond donors (Lipinski definition) is 1. The molecule has 1 heterocycles. The van der Waals surface area contributed by atoms with Crippen LogP contribution in [0.5, 0.6) is 0 Å². The van der Waals surface area contributed by atoms with Gasteiger partial charge in [-0.05, 0) is 34.1 Å². The maximum absolute atomic E-state index is 13.2. The molecule has 0 aliphatic carbocycles. The highest BCUT2D eigenvalue weighted by atomic mass is 79.9. The Morgan fingerprint density at radius 1 is 1.41 bits per heavy atom. The van der Waals surface area contributed by atoms with Crippen molar-refractivity contribution in [1.82, 2.24) is 0 Å². The molecule has 1 aromatic rings. The van der Waals surface area contributed by atoms with Crippen molar-refractivity contribution in [2.24, 2.45) is 0 Å². The zero-order chi connectivity index (χ0) is 12.3. The van der Waals surface area contributed by atoms with Crippen molar-refractivity contribution in [3.8, 4) is 0 Å². The third kappa shape index (κ3) is 2.97. The molecule has 1 aliphatic rings. The predicted octanol–water partition coefficient (Wildman–Crippen LogP) is 2.41. The Kier molecular flexibility index (Phi) is 3.63. The summed E-state index contributed by atoms with van der Waals surface area (Å²) in [5, 5.41) is 2.51. The SMILES string of the molecule is O=C(Nc1ccc(Br)c(F)c1)C1=COCCO1. The summed E-state index contributed by atoms with van der Waals surface area (Å²) in [4.78, 5) is 11.6. The Morgan fingerprint density at radius 3 is 2.88 bits per heavy atom. The van der Waals surface area contributed by atoms with Crippen LogP contribution in [0, 0.1) is 5.82 Å². The lowest BCUT2D eigenvalue weighted by molar-refractivity contribution is -0.117. The van der Waals surface area contributed by atoms with Crippen molar-refractivity contribution in [3.05, 3.63) is 40.5 Å². The molecule has 0 aromatic heterocycles. The number of rotatable bonds is 2. The third-order valence-corrected chi connectivity index (χ3v) is 2.69. The lowest BCUT2D eigenvalue weighted by Crippen LogP contribution is -2.21. The summed E-state index contributed by atoms with van der Waals surface area (Å²) in [5.74, 6) is -0.830. The monoisotopic (exact) mass is 301 g/mol. The Morgan fingerprint density at radius 2 is 2.24 bits per heavy atom. The molecule has 6 heteroatoms. The number of carbonyl (C=O) groups excluding carboxylic acids is 1. The van der Waals surface area contributed by atoms with Gasteiger partial charge in [0.25, 0.3) is 5.91 Å². The first-order valence-corrected chi connectivity index (χ1v) is 5.67. The summed E-state index contributed by atoms with van der Waals surface area (Å²) >= 11 is 3.03. The number of carbonyl (C=O) groups is 1. The summed E-state index contributed by atoms with van der Waals surface area (Å²) in [5.41, 5.74) is 0.353. The number of halogens is 2. The Hall–Kier alpha value is -1.56. The lowest BCUT2D eigenvalue weighted by Gasteiger charge is -2.15. The maximum atomic E-state index is 13.2. The maximum Gasteiger partial charge on any atom is 0.294 e. The number of hydrogen-bond acceptors (Lipinski definition) is 3. The van der Waals surface area contributed by atoms with Gasteiger partial charge in [0.1, 0.15) is 25.3 Å². The van der Waals surface area contributed by atoms with Crippen molar-refractivity contribution in [2.45, 2.75) is 0 Å². The molecule has 1 aromatic carbocycles. The van der Waals surface area contributed by atoms with Crippen LogP contribution in [0.4, 0.5) is 10.1 Å². The molecule has 1 aliphatic heterocycles. The van der Waals surface area contributed by atoms with E-state index in [4.69, 9.17) is 9.47 Å². The summed E-state index contributed by atoms with van der Waals surface area (Å²) in [6, 6.07) is 4.30. The summed E-state index contributed by atoms with van der Waals surface area (Å²) in [6.07, 6.45) is 1.24. The number of ether oxygens (including phenoxy) is 2. The Balaban J connectivity index is 2.07. The minimum atomic E-state index is -0.466. The second kappa shape index (κ2) is 5.18. The first-order valence-electron chi connectivity index (χ1n) is 4.88. The smallest absolute Gasteiger partial charge is 0.294 e. The van der Waals surface area contributed by atoms with E-state index >= 15 is 0 Å². The molecule has 0 unspecified atom stereocenters. The van der Waals surface area contributed by atoms with Crippen molar-refractivity contribution in [3.63, 3.8) is 0 Å². The average Bonchev–Trinajstić information content (AvgIpc) is 2.35. The van der Waals surface area contributed by atoms with Gasteiger partial charge in [0.2, 0.25) is 5.76 Å². The number of amides is 1. The van der Waals surface area contributed by atoms with Gasteiger partial charge in [-0.25, -0.2) is 4.39 Å². The molecular formula is C11H9BrFNO3. The summed E-state index contributed by atoms with van der Waals surface area (Å²) < 4.78 is 23.6. The van der Waals surface area contributed by atoms with Gasteiger partial charge in [-0.1, -0.05) is 0 Å². The molecular weight excluding hydrogens is 293 g/mol. The van der Waals surface area contributed by atoms with Crippen LogP contribution >= 0.6 is 15.9 Å². The van der Waals surface area contributed by atoms with Crippen LogP contribution in [0.1, 0.15) is 0 Å². The molecule has 2 rings (SSSR count). The van der Waals surface area contributed by atoms with E-state index in [9.17, 15) is 9.18 Å². The summed E-state index contributed by atoms with van der Waals surface area (Å²) in [6.45, 7) is 0.748. The van der Waals surface area contributed by atoms with Gasteiger partial charge in [-0.3, -0.25) is 4.79 Å². The standard InChI is InChI=1S/C11H9BrFNO3/c12-8-2-1-7(5-9(8)13)14-11(15)10-6-16-3-4-17-10/h1-2,5-6H,3-4H2,(H,14,15). The average molecular weight is 302 g/mol. The molecule has 0 saturated carbocycles. The minimum Gasteiger partial charge on any atom is -0.494 e. The van der Waals surface area contributed by atoms with Gasteiger partial charge in [-0.2, -0.15) is 0 Å². The van der Waals surface area contributed by atoms with Crippen LogP contribution in [-0.4, -0.2) is 19.1 Å². The molecule has 4 nitrogen and oxygen atoms in total. The van der Waals surface area contributed by atoms with E-state index in [2.05, 4.69) is 21.2 Å². The minimum absolute atomic E-state index is 0.0829. The molecule has 0 radical (unpaired) electrons. The van der Waals surface area contributed by atoms with Crippen molar-refractivity contribution in [2.75, 3.05) is 18.5 Å². The first-order chi connectivity index (χ1) is 8.16. The second-order valence-corrected chi connectivity index (χ2v) is 4.14. The third-order valence-electron chi connectivity index (χ3n) is 2.05. The highest BCUT2D eigenvalue weighted by molar-refractivity contribution is 9.10. The second-order valence-electron chi connectivity index (χ2n) is 3.28. The van der Waals surface area contributed by atoms with E-state index < -0.39 is 11.7 Å². The zero-order valence-corrected chi connectivity index (χ0v) is 10.3. The number of anilines is 1. The van der Waals surface area contributed by atoms with Crippen LogP contribution in [0.2, 0.25) is 0 Å². The molecule has 0 atom stereocenters. The highest BCUT2D eigenvalue weighted by Crippen LogP contribution is 2.20. The predicted molar refractivity (Wildman–Crippen MR) is 62.7 cm³/mol. The molecule has 0 fully saturated rings. The van der Waals surface area contributed by atoms with Gasteiger partial charge in [0.15, 0.2) is 0 Å². The van der Waals surface area contributed by atoms with Crippen LogP contribution in [-0.2, 0) is 14.3 Å². The number of nitrogens with one attached hydrogen (secondary N) is 1. The van der Waals surface area contributed by atoms with Gasteiger partial charge in [0, 0.05) is 5.69 Å². The largest absolute Gasteiger partial charge is 0.494 e. The molecule has 90 valence electrons. The van der Waals surface area contributed by atoms with Crippen LogP contribution < -0.4 is 5.32 Å². The van der Waals surface area contributed by atoms with E-state index in [1.54, 1.807) is 6.07 Å². The van der Waals surface area contributed by atoms with Crippen LogP contribution in [0.3, 0.4) is 0 Å². The van der Waals surface area contributed by atoms with Crippen molar-refractivity contribution in [1.29, 1.82) is 0 Å². The highest BCUT2D eigenvalue weighted by Gasteiger charge is 2.15. The van der Waals surface area contributed by atoms with Crippen LogP contribution in [0.15, 0.2) is 34.7 Å². The normalized spacial score (nSPS) is 14.4. The molecule has 1 amide bonds. The molecule has 17 heavy (non-hydrogen) atoms. The van der Waals surface area contributed by atoms with Gasteiger partial charge in [-0.15, -0.1) is 0 Å². The Bertz CT molecular complexity index is 476. The van der Waals surface area contributed by atoms with Crippen LogP contribution in [0.25, 0.3) is 0 Å². The lowest BCUT2D eigenvalue weighted by atomic mass is 10.3. The molecule has 0 saturated heterocycles. The fourth-order valence-corrected chi connectivity index (χ4v) is 1.50. The fraction of sp³-hybridized carbons (Fsp3) is 0.182. The zero-order valence-electron chi connectivity index (χ0n) is 8.70. The van der Waals surface area contributed by atoms with E-state index in [1.165, 1.54) is 18.4 Å². The topological polar surface area (TPSA) is 47.6 Å². The van der Waals surface area contributed by atoms with E-state index in [0.717, 1.165) is 0 Å². The quantitative estimate of drug-likeness (QED) is 0.912. The molecule has 0 bridgehead atoms. The van der Waals surface area contributed by atoms with Crippen molar-refractivity contribution < 1.29 is 18.7 Å². The van der Waals surface area contributed by atoms with Gasteiger partial charge in [0.05, 0.1) is 4.47 Å². The molecule has 1 N–H and O–H groups in total. The van der Waals surface area contributed by atoms with E-state index in [-0.39, 0.29) is 5.76 Å². The number of benzene rings is 1. The van der Waals surface area contributed by atoms with Gasteiger partial charge < -0.3 is 14.8 Å². The molecule has 0 spiro atoms. The fourth-order valence-electron chi connectivity index (χ4n) is 1.25. The Labute approximate surface area is 106 Å². The van der Waals surface area contributed by atoms with E-state index in [1.807, 2.05) is 0 Å². The summed E-state index contributed by atoms with van der Waals surface area (Å²) in [7, 11) is 0.